The Kier molecular flexibility index (Phi) is 9.56. The van der Waals surface area contributed by atoms with Gasteiger partial charge in [-0.3, -0.25) is 4.79 Å². The van der Waals surface area contributed by atoms with Gasteiger partial charge in [0.15, 0.2) is 0 Å². The van der Waals surface area contributed by atoms with Crippen LogP contribution in [0.4, 0.5) is 26.3 Å². The largest absolute Gasteiger partial charge is 0.416 e. The third-order valence-corrected chi connectivity index (χ3v) is 5.95. The van der Waals surface area contributed by atoms with E-state index in [4.69, 9.17) is 4.74 Å². The molecular weight excluding hydrogens is 510 g/mol. The Bertz CT molecular complexity index is 1110. The Balaban J connectivity index is 1.90. The Labute approximate surface area is 217 Å². The van der Waals surface area contributed by atoms with Crippen LogP contribution < -0.4 is 5.32 Å². The Hall–Kier alpha value is -3.37. The van der Waals surface area contributed by atoms with Gasteiger partial charge in [-0.1, -0.05) is 60.7 Å². The number of nitrogens with zero attached hydrogens (tertiary/aromatic N) is 1. The molecule has 0 heterocycles. The number of likely N-dealkylation sites (N-methyl/N-ethyl adjacent to an activating group) is 1. The molecule has 0 aliphatic heterocycles. The number of carbonyl (C=O) groups is 1. The third-order valence-electron chi connectivity index (χ3n) is 5.95. The van der Waals surface area contributed by atoms with Crippen LogP contribution in [0, 0.1) is 0 Å². The van der Waals surface area contributed by atoms with Gasteiger partial charge in [-0.05, 0) is 34.9 Å². The number of carbonyl (C=O) groups excluding carboxylic acids is 1. The van der Waals surface area contributed by atoms with Crippen molar-refractivity contribution < 1.29 is 35.9 Å². The second kappa shape index (κ2) is 12.4. The summed E-state index contributed by atoms with van der Waals surface area (Å²) in [5.41, 5.74) is -1.26. The first kappa shape index (κ1) is 29.2. The molecule has 0 aromatic heterocycles. The third kappa shape index (κ3) is 8.06. The highest BCUT2D eigenvalue weighted by Gasteiger charge is 2.37. The van der Waals surface area contributed by atoms with Crippen LogP contribution in [0.15, 0.2) is 78.9 Å². The molecule has 204 valence electrons. The summed E-state index contributed by atoms with van der Waals surface area (Å²) >= 11 is 0. The molecule has 0 aliphatic rings. The molecule has 4 nitrogen and oxygen atoms in total. The SMILES string of the molecule is CN(C)C(=O)CNC(COCc1cc(C(F)(F)F)cc(C(F)(F)F)c1)C(c1ccccc1)c1ccccc1. The van der Waals surface area contributed by atoms with Gasteiger partial charge in [-0.25, -0.2) is 0 Å². The summed E-state index contributed by atoms with van der Waals surface area (Å²) in [5.74, 6) is -0.526. The van der Waals surface area contributed by atoms with Crippen molar-refractivity contribution in [2.45, 2.75) is 30.9 Å². The number of halogens is 6. The van der Waals surface area contributed by atoms with Crippen LogP contribution in [0.25, 0.3) is 0 Å². The van der Waals surface area contributed by atoms with Gasteiger partial charge in [0, 0.05) is 26.1 Å². The Morgan fingerprint density at radius 3 is 1.71 bits per heavy atom. The van der Waals surface area contributed by atoms with Crippen LogP contribution in [-0.2, 0) is 28.5 Å². The zero-order valence-corrected chi connectivity index (χ0v) is 20.8. The molecule has 38 heavy (non-hydrogen) atoms. The van der Waals surface area contributed by atoms with E-state index in [1.807, 2.05) is 60.7 Å². The molecular formula is C28H28F6N2O2. The van der Waals surface area contributed by atoms with Gasteiger partial charge in [-0.2, -0.15) is 26.3 Å². The summed E-state index contributed by atoms with van der Waals surface area (Å²) in [7, 11) is 3.21. The minimum Gasteiger partial charge on any atom is -0.375 e. The van der Waals surface area contributed by atoms with Crippen molar-refractivity contribution in [3.05, 3.63) is 107 Å². The maximum Gasteiger partial charge on any atom is 0.416 e. The lowest BCUT2D eigenvalue weighted by atomic mass is 9.85. The fourth-order valence-corrected chi connectivity index (χ4v) is 4.03. The van der Waals surface area contributed by atoms with Crippen LogP contribution in [-0.4, -0.2) is 44.1 Å². The number of hydrogen-bond donors (Lipinski definition) is 1. The van der Waals surface area contributed by atoms with E-state index in [2.05, 4.69) is 5.32 Å². The second-order valence-corrected chi connectivity index (χ2v) is 9.00. The number of alkyl halides is 6. The van der Waals surface area contributed by atoms with Gasteiger partial charge in [0.1, 0.15) is 0 Å². The molecule has 3 rings (SSSR count). The van der Waals surface area contributed by atoms with Crippen molar-refractivity contribution in [2.24, 2.45) is 0 Å². The van der Waals surface area contributed by atoms with Crippen LogP contribution in [0.5, 0.6) is 0 Å². The lowest BCUT2D eigenvalue weighted by molar-refractivity contribution is -0.143. The summed E-state index contributed by atoms with van der Waals surface area (Å²) in [6, 6.07) is 19.6. The molecule has 1 N–H and O–H groups in total. The highest BCUT2D eigenvalue weighted by atomic mass is 19.4. The fraction of sp³-hybridized carbons (Fsp3) is 0.321. The van der Waals surface area contributed by atoms with Crippen molar-refractivity contribution in [1.82, 2.24) is 10.2 Å². The minimum absolute atomic E-state index is 0.0427. The molecule has 0 radical (unpaired) electrons. The highest BCUT2D eigenvalue weighted by molar-refractivity contribution is 5.77. The van der Waals surface area contributed by atoms with Crippen LogP contribution >= 0.6 is 0 Å². The fourth-order valence-electron chi connectivity index (χ4n) is 4.03. The highest BCUT2D eigenvalue weighted by Crippen LogP contribution is 2.36. The number of nitrogens with one attached hydrogen (secondary N) is 1. The van der Waals surface area contributed by atoms with E-state index in [0.29, 0.717) is 12.1 Å². The summed E-state index contributed by atoms with van der Waals surface area (Å²) < 4.78 is 85.2. The van der Waals surface area contributed by atoms with E-state index >= 15 is 0 Å². The van der Waals surface area contributed by atoms with Gasteiger partial charge in [0.05, 0.1) is 30.9 Å². The standard InChI is InChI=1S/C28H28F6N2O2/c1-36(2)25(37)16-35-24(26(20-9-5-3-6-10-20)21-11-7-4-8-12-21)18-38-17-19-13-22(27(29,30)31)15-23(14-19)28(32,33)34/h3-15,24,26,35H,16-18H2,1-2H3. The van der Waals surface area contributed by atoms with E-state index in [1.54, 1.807) is 14.1 Å². The molecule has 0 aliphatic carbocycles. The number of benzene rings is 3. The van der Waals surface area contributed by atoms with Crippen molar-refractivity contribution in [3.63, 3.8) is 0 Å². The number of amides is 1. The van der Waals surface area contributed by atoms with Gasteiger partial charge in [0.2, 0.25) is 5.91 Å². The maximum absolute atomic E-state index is 13.3. The normalized spacial score (nSPS) is 13.0. The van der Waals surface area contributed by atoms with E-state index in [-0.39, 0.29) is 36.6 Å². The molecule has 0 bridgehead atoms. The summed E-state index contributed by atoms with van der Waals surface area (Å²) in [6.07, 6.45) is -9.89. The topological polar surface area (TPSA) is 41.6 Å². The Morgan fingerprint density at radius 2 is 1.29 bits per heavy atom. The summed E-state index contributed by atoms with van der Waals surface area (Å²) in [6.45, 7) is -0.616. The zero-order valence-electron chi connectivity index (χ0n) is 20.8. The molecule has 3 aromatic rings. The summed E-state index contributed by atoms with van der Waals surface area (Å²) in [4.78, 5) is 13.7. The average Bonchev–Trinajstić information content (AvgIpc) is 2.87. The number of ether oxygens (including phenoxy) is 1. The lowest BCUT2D eigenvalue weighted by Gasteiger charge is -2.29. The van der Waals surface area contributed by atoms with Crippen LogP contribution in [0.3, 0.4) is 0 Å². The van der Waals surface area contributed by atoms with Gasteiger partial charge in [0.25, 0.3) is 0 Å². The predicted molar refractivity (Wildman–Crippen MR) is 131 cm³/mol. The molecule has 0 saturated heterocycles. The quantitative estimate of drug-likeness (QED) is 0.317. The van der Waals surface area contributed by atoms with Crippen molar-refractivity contribution in [1.29, 1.82) is 0 Å². The first-order valence-corrected chi connectivity index (χ1v) is 11.8. The molecule has 0 spiro atoms. The van der Waals surface area contributed by atoms with Crippen molar-refractivity contribution >= 4 is 5.91 Å². The molecule has 1 atom stereocenters. The van der Waals surface area contributed by atoms with Crippen LogP contribution in [0.2, 0.25) is 0 Å². The monoisotopic (exact) mass is 538 g/mol. The van der Waals surface area contributed by atoms with Gasteiger partial charge < -0.3 is 15.0 Å². The predicted octanol–water partition coefficient (Wildman–Crippen LogP) is 6.12. The number of rotatable bonds is 10. The first-order chi connectivity index (χ1) is 17.9. The second-order valence-electron chi connectivity index (χ2n) is 9.00. The van der Waals surface area contributed by atoms with E-state index in [1.165, 1.54) is 4.90 Å². The molecule has 0 fully saturated rings. The smallest absolute Gasteiger partial charge is 0.375 e. The molecule has 10 heteroatoms. The molecule has 1 amide bonds. The number of hydrogen-bond acceptors (Lipinski definition) is 3. The van der Waals surface area contributed by atoms with Gasteiger partial charge >= 0.3 is 12.4 Å². The molecule has 1 unspecified atom stereocenters. The molecule has 3 aromatic carbocycles. The van der Waals surface area contributed by atoms with Crippen molar-refractivity contribution in [3.8, 4) is 0 Å². The first-order valence-electron chi connectivity index (χ1n) is 11.8. The van der Waals surface area contributed by atoms with E-state index in [0.717, 1.165) is 11.1 Å². The molecule has 0 saturated carbocycles. The Morgan fingerprint density at radius 1 is 0.816 bits per heavy atom. The van der Waals surface area contributed by atoms with Crippen LogP contribution in [0.1, 0.15) is 33.7 Å². The van der Waals surface area contributed by atoms with Gasteiger partial charge in [-0.15, -0.1) is 0 Å². The maximum atomic E-state index is 13.3. The van der Waals surface area contributed by atoms with E-state index < -0.39 is 36.1 Å². The van der Waals surface area contributed by atoms with Crippen molar-refractivity contribution in [2.75, 3.05) is 27.2 Å². The minimum atomic E-state index is -4.95. The zero-order chi connectivity index (χ0) is 27.9. The summed E-state index contributed by atoms with van der Waals surface area (Å²) in [5, 5.41) is 3.18. The lowest BCUT2D eigenvalue weighted by Crippen LogP contribution is -2.44. The van der Waals surface area contributed by atoms with E-state index in [9.17, 15) is 31.1 Å². The average molecular weight is 539 g/mol.